The summed E-state index contributed by atoms with van der Waals surface area (Å²) < 4.78 is 16.7. The molecule has 1 aromatic carbocycles. The molecular weight excluding hydrogens is 502 g/mol. The summed E-state index contributed by atoms with van der Waals surface area (Å²) in [5.74, 6) is 1.07. The van der Waals surface area contributed by atoms with E-state index in [1.165, 1.54) is 6.92 Å². The molecule has 1 heterocycles. The van der Waals surface area contributed by atoms with Crippen molar-refractivity contribution in [3.05, 3.63) is 35.0 Å². The second kappa shape index (κ2) is 16.4. The summed E-state index contributed by atoms with van der Waals surface area (Å²) in [6.45, 7) is 9.48. The number of carbonyl (C=O) groups excluding carboxylic acids is 1. The van der Waals surface area contributed by atoms with E-state index >= 15 is 0 Å². The minimum Gasteiger partial charge on any atom is -0.496 e. The largest absolute Gasteiger partial charge is 0.496 e. The topological polar surface area (TPSA) is 149 Å². The first-order chi connectivity index (χ1) is 18.7. The molecule has 0 aliphatic heterocycles. The Hall–Kier alpha value is -3.60. The number of nitrogens with two attached hydrogens (primary N) is 1. The standard InChI is InChI=1S/C28H43N5O6/c1-6-9-22(12-15-38-20(4)34)31-27-24(19(3)30-28(29)32-27)16-21-10-11-23(17-25(21)37-5)39-14-8-13-33(7-2)18-26(35)36/h10-11,17,22H,6-9,12-16,18H2,1-5H3,(H,35,36)(H3,29,30,31,32). The zero-order chi connectivity index (χ0) is 28.8. The molecule has 11 nitrogen and oxygen atoms in total. The van der Waals surface area contributed by atoms with Gasteiger partial charge in [0.15, 0.2) is 0 Å². The van der Waals surface area contributed by atoms with E-state index in [4.69, 9.17) is 25.1 Å². The summed E-state index contributed by atoms with van der Waals surface area (Å²) in [4.78, 5) is 32.9. The predicted molar refractivity (Wildman–Crippen MR) is 150 cm³/mol. The zero-order valence-electron chi connectivity index (χ0n) is 23.8. The number of nitrogens with one attached hydrogen (secondary N) is 1. The SMILES string of the molecule is CCCC(CCOC(C)=O)Nc1nc(N)nc(C)c1Cc1ccc(OCCCN(CC)CC(=O)O)cc1OC. The molecule has 0 bridgehead atoms. The molecule has 0 amide bonds. The Morgan fingerprint density at radius 1 is 1.18 bits per heavy atom. The van der Waals surface area contributed by atoms with Crippen LogP contribution in [0.2, 0.25) is 0 Å². The monoisotopic (exact) mass is 545 g/mol. The van der Waals surface area contributed by atoms with Crippen molar-refractivity contribution in [2.75, 3.05) is 51.0 Å². The van der Waals surface area contributed by atoms with E-state index in [0.717, 1.165) is 29.7 Å². The number of rotatable bonds is 18. The molecule has 0 aliphatic carbocycles. The van der Waals surface area contributed by atoms with Crippen LogP contribution in [0.4, 0.5) is 11.8 Å². The second-order valence-corrected chi connectivity index (χ2v) is 9.37. The Morgan fingerprint density at radius 2 is 1.95 bits per heavy atom. The number of esters is 1. The number of aliphatic carboxylic acids is 1. The zero-order valence-corrected chi connectivity index (χ0v) is 23.8. The number of anilines is 2. The number of carboxylic acids is 1. The number of likely N-dealkylation sites (N-methyl/N-ethyl adjacent to an activating group) is 1. The number of hydrogen-bond donors (Lipinski definition) is 3. The van der Waals surface area contributed by atoms with E-state index in [2.05, 4.69) is 22.2 Å². The van der Waals surface area contributed by atoms with Gasteiger partial charge in [0.2, 0.25) is 5.95 Å². The molecule has 1 atom stereocenters. The number of aromatic nitrogens is 2. The van der Waals surface area contributed by atoms with Crippen LogP contribution in [-0.4, -0.2) is 77.9 Å². The van der Waals surface area contributed by atoms with Crippen LogP contribution in [0.1, 0.15) is 63.3 Å². The highest BCUT2D eigenvalue weighted by atomic mass is 16.5. The van der Waals surface area contributed by atoms with Gasteiger partial charge in [0.25, 0.3) is 0 Å². The van der Waals surface area contributed by atoms with Gasteiger partial charge in [-0.1, -0.05) is 26.3 Å². The Bertz CT molecular complexity index is 1080. The molecule has 11 heteroatoms. The number of nitrogen functional groups attached to an aromatic ring is 1. The molecule has 4 N–H and O–H groups in total. The molecule has 0 radical (unpaired) electrons. The quantitative estimate of drug-likeness (QED) is 0.186. The number of carbonyl (C=O) groups is 2. The molecule has 39 heavy (non-hydrogen) atoms. The third-order valence-electron chi connectivity index (χ3n) is 6.30. The lowest BCUT2D eigenvalue weighted by atomic mass is 10.0. The van der Waals surface area contributed by atoms with Gasteiger partial charge in [0, 0.05) is 49.7 Å². The van der Waals surface area contributed by atoms with Crippen molar-refractivity contribution in [3.8, 4) is 11.5 Å². The highest BCUT2D eigenvalue weighted by molar-refractivity contribution is 5.69. The van der Waals surface area contributed by atoms with E-state index in [0.29, 0.717) is 62.9 Å². The van der Waals surface area contributed by atoms with Crippen LogP contribution in [0.15, 0.2) is 18.2 Å². The van der Waals surface area contributed by atoms with Crippen molar-refractivity contribution >= 4 is 23.7 Å². The number of ether oxygens (including phenoxy) is 3. The fourth-order valence-corrected chi connectivity index (χ4v) is 4.29. The Labute approximate surface area is 231 Å². The number of carboxylic acid groups (broad SMARTS) is 1. The summed E-state index contributed by atoms with van der Waals surface area (Å²) in [5, 5.41) is 12.5. The molecule has 1 aromatic heterocycles. The molecule has 0 saturated heterocycles. The van der Waals surface area contributed by atoms with Crippen LogP contribution in [0.3, 0.4) is 0 Å². The van der Waals surface area contributed by atoms with Gasteiger partial charge >= 0.3 is 11.9 Å². The van der Waals surface area contributed by atoms with Crippen LogP contribution in [0.25, 0.3) is 0 Å². The van der Waals surface area contributed by atoms with Gasteiger partial charge < -0.3 is 30.4 Å². The van der Waals surface area contributed by atoms with E-state index < -0.39 is 5.97 Å². The van der Waals surface area contributed by atoms with Crippen LogP contribution < -0.4 is 20.5 Å². The molecule has 0 aliphatic rings. The number of hydrogen-bond acceptors (Lipinski definition) is 10. The van der Waals surface area contributed by atoms with Gasteiger partial charge in [-0.2, -0.15) is 4.98 Å². The highest BCUT2D eigenvalue weighted by Gasteiger charge is 2.18. The van der Waals surface area contributed by atoms with Crippen LogP contribution in [0.5, 0.6) is 11.5 Å². The lowest BCUT2D eigenvalue weighted by Gasteiger charge is -2.22. The highest BCUT2D eigenvalue weighted by Crippen LogP contribution is 2.30. The first kappa shape index (κ1) is 31.6. The van der Waals surface area contributed by atoms with E-state index in [1.54, 1.807) is 7.11 Å². The van der Waals surface area contributed by atoms with Crippen molar-refractivity contribution in [1.82, 2.24) is 14.9 Å². The van der Waals surface area contributed by atoms with Crippen molar-refractivity contribution in [1.29, 1.82) is 0 Å². The lowest BCUT2D eigenvalue weighted by molar-refractivity contribution is -0.141. The van der Waals surface area contributed by atoms with Gasteiger partial charge in [0.05, 0.1) is 26.9 Å². The average molecular weight is 546 g/mol. The third-order valence-corrected chi connectivity index (χ3v) is 6.30. The minimum atomic E-state index is -0.832. The third kappa shape index (κ3) is 11.0. The normalized spacial score (nSPS) is 11.7. The van der Waals surface area contributed by atoms with E-state index in [9.17, 15) is 9.59 Å². The van der Waals surface area contributed by atoms with Crippen LogP contribution in [0, 0.1) is 6.92 Å². The Kier molecular flexibility index (Phi) is 13.3. The average Bonchev–Trinajstić information content (AvgIpc) is 2.87. The molecule has 1 unspecified atom stereocenters. The summed E-state index contributed by atoms with van der Waals surface area (Å²) in [6.07, 6.45) is 3.71. The van der Waals surface area contributed by atoms with E-state index in [-0.39, 0.29) is 24.5 Å². The number of nitrogens with zero attached hydrogens (tertiary/aromatic N) is 3. The van der Waals surface area contributed by atoms with Crippen molar-refractivity contribution < 1.29 is 28.9 Å². The maximum Gasteiger partial charge on any atom is 0.317 e. The van der Waals surface area contributed by atoms with E-state index in [1.807, 2.05) is 36.9 Å². The number of methoxy groups -OCH3 is 1. The second-order valence-electron chi connectivity index (χ2n) is 9.37. The summed E-state index contributed by atoms with van der Waals surface area (Å²) in [6, 6.07) is 5.76. The minimum absolute atomic E-state index is 0.0233. The molecule has 0 fully saturated rings. The van der Waals surface area contributed by atoms with Crippen LogP contribution in [-0.2, 0) is 20.7 Å². The predicted octanol–water partition coefficient (Wildman–Crippen LogP) is 3.68. The fraction of sp³-hybridized carbons (Fsp3) is 0.571. The molecule has 0 spiro atoms. The van der Waals surface area contributed by atoms with Gasteiger partial charge in [-0.25, -0.2) is 4.98 Å². The smallest absolute Gasteiger partial charge is 0.317 e. The number of benzene rings is 1. The fourth-order valence-electron chi connectivity index (χ4n) is 4.29. The maximum atomic E-state index is 11.2. The van der Waals surface area contributed by atoms with Gasteiger partial charge in [-0.15, -0.1) is 0 Å². The first-order valence-electron chi connectivity index (χ1n) is 13.4. The van der Waals surface area contributed by atoms with Gasteiger partial charge in [-0.05, 0) is 37.9 Å². The summed E-state index contributed by atoms with van der Waals surface area (Å²) in [7, 11) is 1.62. The summed E-state index contributed by atoms with van der Waals surface area (Å²) in [5.41, 5.74) is 8.60. The summed E-state index contributed by atoms with van der Waals surface area (Å²) >= 11 is 0. The van der Waals surface area contributed by atoms with Crippen molar-refractivity contribution in [2.24, 2.45) is 0 Å². The van der Waals surface area contributed by atoms with Crippen molar-refractivity contribution in [2.45, 2.75) is 65.8 Å². The molecular formula is C28H43N5O6. The van der Waals surface area contributed by atoms with Gasteiger partial charge in [-0.3, -0.25) is 14.5 Å². The Balaban J connectivity index is 2.14. The van der Waals surface area contributed by atoms with Crippen LogP contribution >= 0.6 is 0 Å². The molecule has 2 aromatic rings. The molecule has 2 rings (SSSR count). The van der Waals surface area contributed by atoms with Crippen molar-refractivity contribution in [3.63, 3.8) is 0 Å². The Morgan fingerprint density at radius 3 is 2.59 bits per heavy atom. The number of aryl methyl sites for hydroxylation is 1. The maximum absolute atomic E-state index is 11.2. The molecule has 216 valence electrons. The lowest BCUT2D eigenvalue weighted by Crippen LogP contribution is -2.31. The molecule has 0 saturated carbocycles. The first-order valence-corrected chi connectivity index (χ1v) is 13.4. The van der Waals surface area contributed by atoms with Gasteiger partial charge in [0.1, 0.15) is 17.3 Å².